The van der Waals surface area contributed by atoms with Crippen molar-refractivity contribution >= 4 is 44.8 Å². The molecule has 0 atom stereocenters. The molecule has 0 spiro atoms. The summed E-state index contributed by atoms with van der Waals surface area (Å²) in [5.74, 6) is 0.0396. The van der Waals surface area contributed by atoms with Gasteiger partial charge >= 0.3 is 0 Å². The fourth-order valence-electron chi connectivity index (χ4n) is 1.55. The van der Waals surface area contributed by atoms with Crippen molar-refractivity contribution in [2.45, 2.75) is 6.54 Å². The van der Waals surface area contributed by atoms with Crippen LogP contribution in [0.3, 0.4) is 0 Å². The van der Waals surface area contributed by atoms with Crippen molar-refractivity contribution in [2.75, 3.05) is 5.32 Å². The van der Waals surface area contributed by atoms with Gasteiger partial charge in [-0.25, -0.2) is 0 Å². The third-order valence-corrected chi connectivity index (χ3v) is 4.34. The molecular formula is C13H10BrCl2NO2. The minimum absolute atomic E-state index is 0.0194. The Balaban J connectivity index is 2.17. The number of anilines is 1. The number of hydrogen-bond acceptors (Lipinski definition) is 3. The van der Waals surface area contributed by atoms with E-state index in [1.165, 1.54) is 12.1 Å². The summed E-state index contributed by atoms with van der Waals surface area (Å²) in [6, 6.07) is 8.00. The maximum Gasteiger partial charge on any atom is 0.124 e. The Morgan fingerprint density at radius 2 is 1.79 bits per heavy atom. The second kappa shape index (κ2) is 5.90. The zero-order chi connectivity index (χ0) is 14.0. The largest absolute Gasteiger partial charge is 0.508 e. The van der Waals surface area contributed by atoms with Crippen molar-refractivity contribution in [3.8, 4) is 11.5 Å². The van der Waals surface area contributed by atoms with E-state index in [4.69, 9.17) is 23.2 Å². The van der Waals surface area contributed by atoms with Crippen LogP contribution >= 0.6 is 39.1 Å². The zero-order valence-corrected chi connectivity index (χ0v) is 12.7. The number of halogens is 3. The maximum absolute atomic E-state index is 9.67. The molecule has 0 unspecified atom stereocenters. The van der Waals surface area contributed by atoms with Crippen LogP contribution in [-0.4, -0.2) is 10.2 Å². The van der Waals surface area contributed by atoms with Crippen molar-refractivity contribution < 1.29 is 10.2 Å². The van der Waals surface area contributed by atoms with Gasteiger partial charge in [0.25, 0.3) is 0 Å². The first-order valence-electron chi connectivity index (χ1n) is 5.37. The van der Waals surface area contributed by atoms with E-state index in [0.29, 0.717) is 27.8 Å². The highest BCUT2D eigenvalue weighted by Gasteiger charge is 2.09. The quantitative estimate of drug-likeness (QED) is 0.688. The van der Waals surface area contributed by atoms with Gasteiger partial charge in [-0.15, -0.1) is 0 Å². The molecule has 3 N–H and O–H groups in total. The van der Waals surface area contributed by atoms with E-state index < -0.39 is 0 Å². The summed E-state index contributed by atoms with van der Waals surface area (Å²) in [5.41, 5.74) is 1.32. The lowest BCUT2D eigenvalue weighted by Gasteiger charge is -2.11. The van der Waals surface area contributed by atoms with Crippen molar-refractivity contribution in [3.05, 3.63) is 50.4 Å². The van der Waals surface area contributed by atoms with E-state index in [-0.39, 0.29) is 11.5 Å². The summed E-state index contributed by atoms with van der Waals surface area (Å²) >= 11 is 15.4. The van der Waals surface area contributed by atoms with E-state index in [9.17, 15) is 10.2 Å². The molecule has 0 aliphatic rings. The molecule has 19 heavy (non-hydrogen) atoms. The molecule has 0 bridgehead atoms. The Hall–Kier alpha value is -1.10. The van der Waals surface area contributed by atoms with Gasteiger partial charge < -0.3 is 15.5 Å². The number of phenols is 2. The van der Waals surface area contributed by atoms with Gasteiger partial charge in [-0.05, 0) is 40.2 Å². The minimum atomic E-state index is 0.0194. The molecule has 0 radical (unpaired) electrons. The predicted molar refractivity (Wildman–Crippen MR) is 81.3 cm³/mol. The number of nitrogens with one attached hydrogen (secondary N) is 1. The standard InChI is InChI=1S/C13H10BrCl2NO2/c14-9-3-4-10(13(16)12(9)15)17-6-7-1-2-8(18)5-11(7)19/h1-5,17-19H,6H2. The van der Waals surface area contributed by atoms with Crippen LogP contribution in [0.2, 0.25) is 10.0 Å². The zero-order valence-electron chi connectivity index (χ0n) is 9.62. The molecule has 6 heteroatoms. The van der Waals surface area contributed by atoms with Crippen LogP contribution in [0.4, 0.5) is 5.69 Å². The molecule has 0 saturated heterocycles. The van der Waals surface area contributed by atoms with E-state index in [2.05, 4.69) is 21.2 Å². The summed E-state index contributed by atoms with van der Waals surface area (Å²) in [6.45, 7) is 0.365. The molecule has 0 amide bonds. The highest BCUT2D eigenvalue weighted by molar-refractivity contribution is 9.10. The number of phenolic OH excluding ortho intramolecular Hbond substituents is 2. The van der Waals surface area contributed by atoms with Crippen LogP contribution < -0.4 is 5.32 Å². The number of aromatic hydroxyl groups is 2. The molecule has 0 heterocycles. The Morgan fingerprint density at radius 3 is 2.47 bits per heavy atom. The van der Waals surface area contributed by atoms with Crippen LogP contribution in [-0.2, 0) is 6.54 Å². The molecule has 3 nitrogen and oxygen atoms in total. The first-order valence-corrected chi connectivity index (χ1v) is 6.92. The van der Waals surface area contributed by atoms with Crippen molar-refractivity contribution in [1.82, 2.24) is 0 Å². The average Bonchev–Trinajstić information content (AvgIpc) is 2.37. The van der Waals surface area contributed by atoms with Crippen molar-refractivity contribution in [1.29, 1.82) is 0 Å². The Bertz CT molecular complexity index is 620. The first-order chi connectivity index (χ1) is 8.99. The average molecular weight is 363 g/mol. The van der Waals surface area contributed by atoms with E-state index in [0.717, 1.165) is 4.47 Å². The van der Waals surface area contributed by atoms with Crippen LogP contribution in [0.25, 0.3) is 0 Å². The van der Waals surface area contributed by atoms with Crippen LogP contribution in [0.1, 0.15) is 5.56 Å². The predicted octanol–water partition coefficient (Wildman–Crippen LogP) is 4.78. The van der Waals surface area contributed by atoms with Crippen molar-refractivity contribution in [2.24, 2.45) is 0 Å². The molecule has 0 fully saturated rings. The van der Waals surface area contributed by atoms with Gasteiger partial charge in [0.15, 0.2) is 0 Å². The lowest BCUT2D eigenvalue weighted by Crippen LogP contribution is -2.00. The number of hydrogen-bond donors (Lipinski definition) is 3. The molecule has 2 aromatic rings. The smallest absolute Gasteiger partial charge is 0.124 e. The van der Waals surface area contributed by atoms with Crippen LogP contribution in [0, 0.1) is 0 Å². The number of rotatable bonds is 3. The molecule has 0 saturated carbocycles. The first kappa shape index (κ1) is 14.3. The summed E-state index contributed by atoms with van der Waals surface area (Å²) in [7, 11) is 0. The van der Waals surface area contributed by atoms with Gasteiger partial charge in [-0.3, -0.25) is 0 Å². The molecule has 100 valence electrons. The third-order valence-electron chi connectivity index (χ3n) is 2.57. The Kier molecular flexibility index (Phi) is 4.45. The summed E-state index contributed by atoms with van der Waals surface area (Å²) in [5, 5.41) is 22.8. The molecular weight excluding hydrogens is 353 g/mol. The van der Waals surface area contributed by atoms with Gasteiger partial charge in [0.05, 0.1) is 15.7 Å². The van der Waals surface area contributed by atoms with Gasteiger partial charge in [-0.2, -0.15) is 0 Å². The van der Waals surface area contributed by atoms with E-state index in [1.807, 2.05) is 0 Å². The van der Waals surface area contributed by atoms with Gasteiger partial charge in [0.2, 0.25) is 0 Å². The molecule has 0 aromatic heterocycles. The highest BCUT2D eigenvalue weighted by Crippen LogP contribution is 2.36. The second-order valence-corrected chi connectivity index (χ2v) is 5.50. The van der Waals surface area contributed by atoms with Crippen LogP contribution in [0.5, 0.6) is 11.5 Å². The molecule has 2 rings (SSSR count). The minimum Gasteiger partial charge on any atom is -0.508 e. The lowest BCUT2D eigenvalue weighted by atomic mass is 10.2. The summed E-state index contributed by atoms with van der Waals surface area (Å²) in [6.07, 6.45) is 0. The molecule has 0 aliphatic carbocycles. The Labute approximate surface area is 128 Å². The summed E-state index contributed by atoms with van der Waals surface area (Å²) < 4.78 is 0.720. The topological polar surface area (TPSA) is 52.5 Å². The van der Waals surface area contributed by atoms with Gasteiger partial charge in [0, 0.05) is 22.6 Å². The van der Waals surface area contributed by atoms with E-state index in [1.54, 1.807) is 18.2 Å². The van der Waals surface area contributed by atoms with E-state index >= 15 is 0 Å². The number of benzene rings is 2. The fraction of sp³-hybridized carbons (Fsp3) is 0.0769. The normalized spacial score (nSPS) is 10.5. The molecule has 0 aliphatic heterocycles. The van der Waals surface area contributed by atoms with Gasteiger partial charge in [0.1, 0.15) is 11.5 Å². The summed E-state index contributed by atoms with van der Waals surface area (Å²) in [4.78, 5) is 0. The fourth-order valence-corrected chi connectivity index (χ4v) is 2.40. The van der Waals surface area contributed by atoms with Crippen molar-refractivity contribution in [3.63, 3.8) is 0 Å². The van der Waals surface area contributed by atoms with Gasteiger partial charge in [-0.1, -0.05) is 23.2 Å². The Morgan fingerprint density at radius 1 is 1.05 bits per heavy atom. The maximum atomic E-state index is 9.67. The SMILES string of the molecule is Oc1ccc(CNc2ccc(Br)c(Cl)c2Cl)c(O)c1. The third kappa shape index (κ3) is 3.26. The molecule has 2 aromatic carbocycles. The highest BCUT2D eigenvalue weighted by atomic mass is 79.9. The van der Waals surface area contributed by atoms with Crippen LogP contribution in [0.15, 0.2) is 34.8 Å². The second-order valence-electron chi connectivity index (χ2n) is 3.89. The monoisotopic (exact) mass is 361 g/mol. The lowest BCUT2D eigenvalue weighted by molar-refractivity contribution is 0.446.